The van der Waals surface area contributed by atoms with Gasteiger partial charge in [0.15, 0.2) is 0 Å². The summed E-state index contributed by atoms with van der Waals surface area (Å²) in [6, 6.07) is 11.3. The van der Waals surface area contributed by atoms with Crippen molar-refractivity contribution in [3.63, 3.8) is 0 Å². The lowest BCUT2D eigenvalue weighted by atomic mass is 9.95. The van der Waals surface area contributed by atoms with Gasteiger partial charge in [0.05, 0.1) is 23.6 Å². The number of amidine groups is 1. The van der Waals surface area contributed by atoms with Crippen molar-refractivity contribution in [2.24, 2.45) is 10.4 Å². The number of hydrogen-bond donors (Lipinski definition) is 5. The number of anilines is 3. The van der Waals surface area contributed by atoms with E-state index >= 15 is 0 Å². The fourth-order valence-corrected chi connectivity index (χ4v) is 3.37. The van der Waals surface area contributed by atoms with E-state index in [1.165, 1.54) is 19.1 Å². The molecule has 7 heteroatoms. The minimum Gasteiger partial charge on any atom is -0.398 e. The number of benzene rings is 2. The number of amides is 1. The fourth-order valence-electron chi connectivity index (χ4n) is 3.37. The van der Waals surface area contributed by atoms with Gasteiger partial charge in [-0.2, -0.15) is 0 Å². The molecule has 1 aliphatic rings. The van der Waals surface area contributed by atoms with E-state index in [2.05, 4.69) is 34.5 Å². The number of fused-ring (bicyclic) bond motifs is 3. The molecular formula is C26H34N6O. The number of hydrogen-bond acceptors (Lipinski definition) is 5. The number of aromatic amines is 1. The van der Waals surface area contributed by atoms with Crippen LogP contribution < -0.4 is 16.4 Å². The number of aromatic nitrogens is 1. The number of nitrogens with zero attached hydrogens (tertiary/aromatic N) is 1. The Bertz CT molecular complexity index is 1200. The molecule has 0 spiro atoms. The van der Waals surface area contributed by atoms with Gasteiger partial charge in [0.2, 0.25) is 5.91 Å². The van der Waals surface area contributed by atoms with E-state index in [1.807, 2.05) is 51.1 Å². The van der Waals surface area contributed by atoms with Crippen molar-refractivity contribution in [1.82, 2.24) is 4.98 Å². The van der Waals surface area contributed by atoms with Crippen molar-refractivity contribution < 1.29 is 4.79 Å². The summed E-state index contributed by atoms with van der Waals surface area (Å²) in [7, 11) is 0. The third kappa shape index (κ3) is 5.08. The fraction of sp³-hybridized carbons (Fsp3) is 0.346. The predicted molar refractivity (Wildman–Crippen MR) is 140 cm³/mol. The zero-order valence-electron chi connectivity index (χ0n) is 20.1. The summed E-state index contributed by atoms with van der Waals surface area (Å²) in [6.45, 7) is 10.5. The van der Waals surface area contributed by atoms with E-state index < -0.39 is 5.41 Å². The van der Waals surface area contributed by atoms with Gasteiger partial charge in [0.25, 0.3) is 0 Å². The molecule has 0 saturated carbocycles. The maximum Gasteiger partial charge on any atom is 0.229 e. The molecule has 0 atom stereocenters. The van der Waals surface area contributed by atoms with Crippen LogP contribution in [0.3, 0.4) is 0 Å². The Hall–Kier alpha value is -3.61. The molecule has 1 aliphatic heterocycles. The van der Waals surface area contributed by atoms with E-state index in [9.17, 15) is 4.79 Å². The summed E-state index contributed by atoms with van der Waals surface area (Å²) in [5.41, 5.74) is 11.0. The highest BCUT2D eigenvalue weighted by Crippen LogP contribution is 2.36. The van der Waals surface area contributed by atoms with E-state index in [0.717, 1.165) is 27.8 Å². The molecule has 0 aliphatic carbocycles. The molecule has 0 saturated heterocycles. The second-order valence-electron chi connectivity index (χ2n) is 9.15. The highest BCUT2D eigenvalue weighted by atomic mass is 16.2. The highest BCUT2D eigenvalue weighted by Gasteiger charge is 2.25. The molecule has 0 bridgehead atoms. The first kappa shape index (κ1) is 24.0. The lowest BCUT2D eigenvalue weighted by molar-refractivity contribution is -0.123. The number of aliphatic imine (C=N–C) groups is 1. The zero-order chi connectivity index (χ0) is 24.2. The van der Waals surface area contributed by atoms with Gasteiger partial charge in [0, 0.05) is 39.3 Å². The Morgan fingerprint density at radius 1 is 1.18 bits per heavy atom. The van der Waals surface area contributed by atoms with Gasteiger partial charge in [-0.05, 0) is 24.3 Å². The van der Waals surface area contributed by atoms with Crippen molar-refractivity contribution in [3.8, 4) is 0 Å². The summed E-state index contributed by atoms with van der Waals surface area (Å²) in [5.74, 6) is 0.606. The molecule has 7 nitrogen and oxygen atoms in total. The number of nitrogen functional groups attached to an aromatic ring is 1. The standard InChI is InChI=1S/C22H24N6O.C4H10/c1-22(2,3)21(29)27-15-7-5-4-6-12(15)20-25-11-17-19(28-20)18-13(10-23)14(24)8-9-16(18)26-17;1-3-4-2/h4-10,23,26H,11,24H2,1-3H3,(H,25,28)(H,27,29);3-4H2,1-2H3. The van der Waals surface area contributed by atoms with Crippen molar-refractivity contribution in [2.75, 3.05) is 16.4 Å². The van der Waals surface area contributed by atoms with Gasteiger partial charge in [-0.15, -0.1) is 0 Å². The molecule has 33 heavy (non-hydrogen) atoms. The average Bonchev–Trinajstić information content (AvgIpc) is 3.17. The van der Waals surface area contributed by atoms with E-state index in [0.29, 0.717) is 29.3 Å². The van der Waals surface area contributed by atoms with E-state index in [-0.39, 0.29) is 5.91 Å². The molecule has 4 rings (SSSR count). The normalized spacial score (nSPS) is 12.7. The predicted octanol–water partition coefficient (Wildman–Crippen LogP) is 5.91. The molecule has 3 aromatic rings. The molecule has 174 valence electrons. The number of carbonyl (C=O) groups excluding carboxylic acids is 1. The lowest BCUT2D eigenvalue weighted by Gasteiger charge is -2.22. The first-order valence-corrected chi connectivity index (χ1v) is 11.4. The number of nitrogens with one attached hydrogen (secondary N) is 4. The van der Waals surface area contributed by atoms with Crippen LogP contribution in [0, 0.1) is 10.8 Å². The van der Waals surface area contributed by atoms with Crippen LogP contribution in [0.25, 0.3) is 10.9 Å². The lowest BCUT2D eigenvalue weighted by Crippen LogP contribution is -2.29. The smallest absolute Gasteiger partial charge is 0.229 e. The van der Waals surface area contributed by atoms with Crippen LogP contribution in [-0.4, -0.2) is 22.9 Å². The minimum atomic E-state index is -0.505. The molecule has 2 aromatic carbocycles. The maximum atomic E-state index is 12.5. The molecule has 0 fully saturated rings. The molecule has 0 unspecified atom stereocenters. The summed E-state index contributed by atoms with van der Waals surface area (Å²) in [4.78, 5) is 20.5. The van der Waals surface area contributed by atoms with Crippen molar-refractivity contribution in [2.45, 2.75) is 54.0 Å². The highest BCUT2D eigenvalue weighted by molar-refractivity contribution is 6.19. The van der Waals surface area contributed by atoms with Crippen LogP contribution in [0.15, 0.2) is 41.4 Å². The van der Waals surface area contributed by atoms with Crippen LogP contribution >= 0.6 is 0 Å². The van der Waals surface area contributed by atoms with Crippen LogP contribution in [0.1, 0.15) is 64.3 Å². The Morgan fingerprint density at radius 2 is 1.88 bits per heavy atom. The molecule has 2 heterocycles. The number of unbranched alkanes of at least 4 members (excludes halogenated alkanes) is 1. The van der Waals surface area contributed by atoms with E-state index in [1.54, 1.807) is 6.07 Å². The van der Waals surface area contributed by atoms with Crippen molar-refractivity contribution in [3.05, 3.63) is 53.2 Å². The third-order valence-corrected chi connectivity index (χ3v) is 5.51. The summed E-state index contributed by atoms with van der Waals surface area (Å²) >= 11 is 0. The molecule has 6 N–H and O–H groups in total. The van der Waals surface area contributed by atoms with Gasteiger partial charge in [-0.25, -0.2) is 0 Å². The molecular weight excluding hydrogens is 412 g/mol. The largest absolute Gasteiger partial charge is 0.398 e. The van der Waals surface area contributed by atoms with Crippen LogP contribution in [0.2, 0.25) is 0 Å². The van der Waals surface area contributed by atoms with Crippen LogP contribution in [0.4, 0.5) is 17.1 Å². The van der Waals surface area contributed by atoms with Crippen molar-refractivity contribution >= 4 is 45.9 Å². The second-order valence-corrected chi connectivity index (χ2v) is 9.15. The van der Waals surface area contributed by atoms with Crippen LogP contribution in [-0.2, 0) is 11.3 Å². The first-order valence-electron chi connectivity index (χ1n) is 11.4. The topological polar surface area (TPSA) is 119 Å². The minimum absolute atomic E-state index is 0.0620. The number of H-pyrrole nitrogens is 1. The number of rotatable bonds is 4. The monoisotopic (exact) mass is 446 g/mol. The van der Waals surface area contributed by atoms with Gasteiger partial charge in [-0.1, -0.05) is 59.6 Å². The van der Waals surface area contributed by atoms with Gasteiger partial charge in [0.1, 0.15) is 5.84 Å². The Labute approximate surface area is 195 Å². The molecule has 1 aromatic heterocycles. The first-order chi connectivity index (χ1) is 15.7. The Morgan fingerprint density at radius 3 is 2.52 bits per heavy atom. The Kier molecular flexibility index (Phi) is 7.21. The summed E-state index contributed by atoms with van der Waals surface area (Å²) < 4.78 is 0. The average molecular weight is 447 g/mol. The second kappa shape index (κ2) is 9.90. The SMILES string of the molecule is CC(C)(C)C(=O)Nc1ccccc1C1=NCc2[nH]c3ccc(N)c(C=N)c3c2N1.CCCC. The van der Waals surface area contributed by atoms with E-state index in [4.69, 9.17) is 11.1 Å². The van der Waals surface area contributed by atoms with Crippen molar-refractivity contribution in [1.29, 1.82) is 5.41 Å². The molecule has 0 radical (unpaired) electrons. The zero-order valence-corrected chi connectivity index (χ0v) is 20.1. The third-order valence-electron chi connectivity index (χ3n) is 5.51. The molecule has 1 amide bonds. The number of carbonyl (C=O) groups is 1. The quantitative estimate of drug-likeness (QED) is 0.253. The van der Waals surface area contributed by atoms with Gasteiger partial charge >= 0.3 is 0 Å². The Balaban J connectivity index is 0.000000709. The maximum absolute atomic E-state index is 12.5. The number of nitrogens with two attached hydrogens (primary N) is 1. The summed E-state index contributed by atoms with van der Waals surface area (Å²) in [5, 5.41) is 15.1. The number of para-hydroxylation sites is 1. The van der Waals surface area contributed by atoms with Crippen LogP contribution in [0.5, 0.6) is 0 Å². The summed E-state index contributed by atoms with van der Waals surface area (Å²) in [6.07, 6.45) is 3.91. The van der Waals surface area contributed by atoms with Gasteiger partial charge < -0.3 is 26.8 Å². The van der Waals surface area contributed by atoms with Gasteiger partial charge in [-0.3, -0.25) is 9.79 Å².